The molecule has 1 fully saturated rings. The summed E-state index contributed by atoms with van der Waals surface area (Å²) in [7, 11) is 0. The Labute approximate surface area is 148 Å². The quantitative estimate of drug-likeness (QED) is 0.696. The summed E-state index contributed by atoms with van der Waals surface area (Å²) in [4.78, 5) is 24.2. The maximum Gasteiger partial charge on any atom is 0.431 e. The topological polar surface area (TPSA) is 46.6 Å². The van der Waals surface area contributed by atoms with E-state index in [0.717, 1.165) is 0 Å². The largest absolute Gasteiger partial charge is 0.447 e. The van der Waals surface area contributed by atoms with Gasteiger partial charge in [-0.1, -0.05) is 30.3 Å². The fourth-order valence-corrected chi connectivity index (χ4v) is 2.65. The Morgan fingerprint density at radius 2 is 1.59 bits per heavy atom. The van der Waals surface area contributed by atoms with Crippen molar-refractivity contribution in [3.05, 3.63) is 35.9 Å². The molecule has 1 aliphatic heterocycles. The van der Waals surface area contributed by atoms with E-state index < -0.39 is 48.9 Å². The lowest BCUT2D eigenvalue weighted by molar-refractivity contribution is -0.343. The van der Waals surface area contributed by atoms with Crippen molar-refractivity contribution >= 4 is 12.0 Å². The van der Waals surface area contributed by atoms with Crippen molar-refractivity contribution in [3.8, 4) is 0 Å². The van der Waals surface area contributed by atoms with Crippen LogP contribution in [0.25, 0.3) is 0 Å². The van der Waals surface area contributed by atoms with Crippen LogP contribution in [0.1, 0.15) is 18.4 Å². The molecule has 1 heterocycles. The molecule has 0 radical (unpaired) electrons. The molecule has 2 amide bonds. The third-order valence-electron chi connectivity index (χ3n) is 4.13. The van der Waals surface area contributed by atoms with Gasteiger partial charge in [-0.15, -0.1) is 0 Å². The van der Waals surface area contributed by atoms with Gasteiger partial charge in [0.05, 0.1) is 6.04 Å². The second-order valence-corrected chi connectivity index (χ2v) is 5.98. The van der Waals surface area contributed by atoms with Gasteiger partial charge >= 0.3 is 18.4 Å². The molecule has 0 saturated carbocycles. The Morgan fingerprint density at radius 3 is 2.11 bits per heavy atom. The normalized spacial score (nSPS) is 18.6. The predicted molar refractivity (Wildman–Crippen MR) is 77.3 cm³/mol. The van der Waals surface area contributed by atoms with E-state index in [4.69, 9.17) is 0 Å². The minimum absolute atomic E-state index is 0.0949. The summed E-state index contributed by atoms with van der Waals surface area (Å²) in [6.45, 7) is -0.265. The van der Waals surface area contributed by atoms with Crippen molar-refractivity contribution < 1.29 is 45.1 Å². The Balaban J connectivity index is 2.11. The number of hydrogen-bond acceptors (Lipinski definition) is 3. The molecular weight excluding hydrogens is 387 g/mol. The van der Waals surface area contributed by atoms with Gasteiger partial charge in [0, 0.05) is 12.8 Å². The van der Waals surface area contributed by atoms with E-state index in [1.807, 2.05) is 0 Å². The van der Waals surface area contributed by atoms with Crippen molar-refractivity contribution in [2.75, 3.05) is 6.61 Å². The van der Waals surface area contributed by atoms with E-state index in [0.29, 0.717) is 10.5 Å². The highest BCUT2D eigenvalue weighted by Gasteiger charge is 2.72. The minimum Gasteiger partial charge on any atom is -0.447 e. The molecule has 0 spiro atoms. The van der Waals surface area contributed by atoms with Crippen molar-refractivity contribution in [1.29, 1.82) is 0 Å². The summed E-state index contributed by atoms with van der Waals surface area (Å²) < 4.78 is 93.7. The van der Waals surface area contributed by atoms with Crippen molar-refractivity contribution in [2.24, 2.45) is 0 Å². The summed E-state index contributed by atoms with van der Waals surface area (Å²) in [5, 5.41) is 0. The van der Waals surface area contributed by atoms with Crippen molar-refractivity contribution in [3.63, 3.8) is 0 Å². The number of hydrogen-bond donors (Lipinski definition) is 0. The van der Waals surface area contributed by atoms with E-state index >= 15 is 0 Å². The molecule has 0 aromatic heterocycles. The Kier molecular flexibility index (Phi) is 5.71. The fourth-order valence-electron chi connectivity index (χ4n) is 2.65. The van der Waals surface area contributed by atoms with Gasteiger partial charge in [-0.25, -0.2) is 14.1 Å². The van der Waals surface area contributed by atoms with Crippen LogP contribution in [0.5, 0.6) is 0 Å². The van der Waals surface area contributed by atoms with Crippen molar-refractivity contribution in [1.82, 2.24) is 4.90 Å². The first kappa shape index (κ1) is 21.0. The number of imide groups is 1. The number of ether oxygens (including phenoxy) is 1. The summed E-state index contributed by atoms with van der Waals surface area (Å²) in [5.41, 5.74) is -4.88. The lowest BCUT2D eigenvalue weighted by Crippen LogP contribution is -2.54. The molecule has 1 aromatic rings. The molecule has 1 aromatic carbocycles. The number of carbonyl (C=O) groups is 2. The smallest absolute Gasteiger partial charge is 0.431 e. The van der Waals surface area contributed by atoms with Crippen LogP contribution in [-0.4, -0.2) is 47.6 Å². The molecule has 0 unspecified atom stereocenters. The first-order chi connectivity index (χ1) is 12.4. The van der Waals surface area contributed by atoms with Crippen LogP contribution in [0.2, 0.25) is 0 Å². The number of cyclic esters (lactones) is 1. The number of alkyl halides is 7. The molecule has 1 saturated heterocycles. The molecule has 4 nitrogen and oxygen atoms in total. The summed E-state index contributed by atoms with van der Waals surface area (Å²) in [6.07, 6.45) is -17.2. The third-order valence-corrected chi connectivity index (χ3v) is 4.13. The van der Waals surface area contributed by atoms with Crippen LogP contribution in [-0.2, 0) is 16.0 Å². The van der Waals surface area contributed by atoms with Crippen LogP contribution < -0.4 is 0 Å². The number of carbonyl (C=O) groups excluding carboxylic acids is 2. The SMILES string of the molecule is O=C(CCC(F)(C(F)(F)F)C(F)(F)F)N1C(=O)OC[C@@H]1Cc1ccccc1. The number of rotatable bonds is 5. The number of halogens is 7. The van der Waals surface area contributed by atoms with E-state index in [1.54, 1.807) is 30.3 Å². The molecule has 0 bridgehead atoms. The molecular formula is C16H14F7NO3. The third kappa shape index (κ3) is 4.33. The number of amides is 2. The molecule has 0 N–H and O–H groups in total. The summed E-state index contributed by atoms with van der Waals surface area (Å²) >= 11 is 0. The first-order valence-electron chi connectivity index (χ1n) is 7.72. The highest BCUT2D eigenvalue weighted by Crippen LogP contribution is 2.49. The van der Waals surface area contributed by atoms with Gasteiger partial charge in [0.2, 0.25) is 5.91 Å². The summed E-state index contributed by atoms with van der Waals surface area (Å²) in [5.74, 6) is -1.37. The Morgan fingerprint density at radius 1 is 1.04 bits per heavy atom. The lowest BCUT2D eigenvalue weighted by Gasteiger charge is -2.30. The molecule has 1 aliphatic rings. The zero-order valence-corrected chi connectivity index (χ0v) is 13.6. The van der Waals surface area contributed by atoms with Crippen LogP contribution in [0.3, 0.4) is 0 Å². The van der Waals surface area contributed by atoms with Gasteiger partial charge in [0.15, 0.2) is 0 Å². The monoisotopic (exact) mass is 401 g/mol. The molecule has 11 heteroatoms. The predicted octanol–water partition coefficient (Wildman–Crippen LogP) is 4.19. The Hall–Kier alpha value is -2.33. The van der Waals surface area contributed by atoms with Gasteiger partial charge in [0.1, 0.15) is 6.61 Å². The highest BCUT2D eigenvalue weighted by atomic mass is 19.4. The van der Waals surface area contributed by atoms with Gasteiger partial charge < -0.3 is 4.74 Å². The van der Waals surface area contributed by atoms with E-state index in [2.05, 4.69) is 4.74 Å². The van der Waals surface area contributed by atoms with Gasteiger partial charge in [-0.2, -0.15) is 26.3 Å². The van der Waals surface area contributed by atoms with Crippen LogP contribution >= 0.6 is 0 Å². The van der Waals surface area contributed by atoms with Crippen LogP contribution in [0.4, 0.5) is 35.5 Å². The Bertz CT molecular complexity index is 673. The number of nitrogens with zero attached hydrogens (tertiary/aromatic N) is 1. The van der Waals surface area contributed by atoms with E-state index in [9.17, 15) is 40.3 Å². The molecule has 2 rings (SSSR count). The first-order valence-corrected chi connectivity index (χ1v) is 7.72. The molecule has 0 aliphatic carbocycles. The zero-order chi connectivity index (χ0) is 20.5. The fraction of sp³-hybridized carbons (Fsp3) is 0.500. The van der Waals surface area contributed by atoms with Gasteiger partial charge in [-0.3, -0.25) is 4.79 Å². The van der Waals surface area contributed by atoms with Crippen molar-refractivity contribution in [2.45, 2.75) is 43.3 Å². The zero-order valence-electron chi connectivity index (χ0n) is 13.6. The second kappa shape index (κ2) is 7.35. The molecule has 1 atom stereocenters. The second-order valence-electron chi connectivity index (χ2n) is 5.98. The molecule has 27 heavy (non-hydrogen) atoms. The van der Waals surface area contributed by atoms with Gasteiger partial charge in [0.25, 0.3) is 5.67 Å². The molecule has 150 valence electrons. The lowest BCUT2D eigenvalue weighted by atomic mass is 9.97. The van der Waals surface area contributed by atoms with Crippen LogP contribution in [0.15, 0.2) is 30.3 Å². The van der Waals surface area contributed by atoms with Gasteiger partial charge in [-0.05, 0) is 12.0 Å². The maximum absolute atomic E-state index is 13.7. The average molecular weight is 401 g/mol. The maximum atomic E-state index is 13.7. The van der Waals surface area contributed by atoms with E-state index in [1.165, 1.54) is 0 Å². The summed E-state index contributed by atoms with van der Waals surface area (Å²) in [6, 6.07) is 7.46. The van der Waals surface area contributed by atoms with Crippen LogP contribution in [0, 0.1) is 0 Å². The standard InChI is InChI=1S/C16H14F7NO3/c17-14(15(18,19)20,16(21,22)23)7-6-12(25)24-11(9-27-13(24)26)8-10-4-2-1-3-5-10/h1-5,11H,6-9H2/t11-/m0/s1. The number of benzene rings is 1. The average Bonchev–Trinajstić information content (AvgIpc) is 2.91. The van der Waals surface area contributed by atoms with E-state index in [-0.39, 0.29) is 13.0 Å². The minimum atomic E-state index is -6.25. The highest BCUT2D eigenvalue weighted by molar-refractivity contribution is 5.93.